The van der Waals surface area contributed by atoms with Crippen molar-refractivity contribution in [1.29, 1.82) is 0 Å². The molecule has 0 aliphatic carbocycles. The molecule has 4 rings (SSSR count). The standard InChI is InChI=1S/C21H21F2N7O2S/c1-9-5-10(2)30(27-9)8-15(31)26-17-16-12(13-7-29(4)28-11(13)3)6-14(19(22)23)25-21(16)33-18(17)20(24)32/h5-7,19H,8H2,1-4H3,(H2,24,32)(H,26,31). The van der Waals surface area contributed by atoms with Crippen LogP contribution in [0, 0.1) is 20.8 Å². The molecule has 0 aliphatic heterocycles. The van der Waals surface area contributed by atoms with Crippen LogP contribution >= 0.6 is 11.3 Å². The fourth-order valence-corrected chi connectivity index (χ4v) is 4.76. The van der Waals surface area contributed by atoms with Gasteiger partial charge in [-0.15, -0.1) is 11.3 Å². The summed E-state index contributed by atoms with van der Waals surface area (Å²) in [5.74, 6) is -1.25. The quantitative estimate of drug-likeness (QED) is 0.444. The Labute approximate surface area is 191 Å². The SMILES string of the molecule is Cc1cc(C)n(CC(=O)Nc2c(C(N)=O)sc3nc(C(F)F)cc(-c4cn(C)nc4C)c23)n1. The minimum Gasteiger partial charge on any atom is -0.365 e. The van der Waals surface area contributed by atoms with Gasteiger partial charge in [0.25, 0.3) is 12.3 Å². The molecule has 0 atom stereocenters. The Hall–Kier alpha value is -3.67. The molecule has 4 heterocycles. The van der Waals surface area contributed by atoms with Gasteiger partial charge in [0, 0.05) is 29.9 Å². The first-order valence-electron chi connectivity index (χ1n) is 9.92. The monoisotopic (exact) mass is 473 g/mol. The Morgan fingerprint density at radius 1 is 1.18 bits per heavy atom. The lowest BCUT2D eigenvalue weighted by atomic mass is 10.0. The van der Waals surface area contributed by atoms with E-state index in [1.165, 1.54) is 10.7 Å². The van der Waals surface area contributed by atoms with Crippen molar-refractivity contribution in [3.8, 4) is 11.1 Å². The van der Waals surface area contributed by atoms with Gasteiger partial charge in [-0.2, -0.15) is 10.2 Å². The van der Waals surface area contributed by atoms with Crippen molar-refractivity contribution >= 4 is 39.1 Å². The lowest BCUT2D eigenvalue weighted by molar-refractivity contribution is -0.116. The zero-order valence-corrected chi connectivity index (χ0v) is 19.1. The molecule has 0 radical (unpaired) electrons. The van der Waals surface area contributed by atoms with Crippen LogP contribution in [-0.4, -0.2) is 36.4 Å². The highest BCUT2D eigenvalue weighted by molar-refractivity contribution is 7.21. The number of alkyl halides is 2. The molecule has 33 heavy (non-hydrogen) atoms. The number of carbonyl (C=O) groups excluding carboxylic acids is 2. The van der Waals surface area contributed by atoms with E-state index in [0.717, 1.165) is 22.7 Å². The fourth-order valence-electron chi connectivity index (χ4n) is 3.75. The van der Waals surface area contributed by atoms with Gasteiger partial charge in [0.2, 0.25) is 5.91 Å². The highest BCUT2D eigenvalue weighted by atomic mass is 32.1. The number of primary amides is 1. The van der Waals surface area contributed by atoms with Crippen molar-refractivity contribution < 1.29 is 18.4 Å². The number of anilines is 1. The number of aromatic nitrogens is 5. The van der Waals surface area contributed by atoms with E-state index in [0.29, 0.717) is 22.2 Å². The number of carbonyl (C=O) groups is 2. The van der Waals surface area contributed by atoms with Crippen LogP contribution in [0.5, 0.6) is 0 Å². The molecule has 4 aromatic heterocycles. The van der Waals surface area contributed by atoms with E-state index in [1.807, 2.05) is 19.9 Å². The van der Waals surface area contributed by atoms with Crippen LogP contribution in [0.15, 0.2) is 18.3 Å². The fraction of sp³-hybridized carbons (Fsp3) is 0.286. The molecular formula is C21H21F2N7O2S. The number of hydrogen-bond acceptors (Lipinski definition) is 6. The van der Waals surface area contributed by atoms with Crippen molar-refractivity contribution in [2.75, 3.05) is 5.32 Å². The summed E-state index contributed by atoms with van der Waals surface area (Å²) in [5, 5.41) is 11.7. The van der Waals surface area contributed by atoms with Gasteiger partial charge in [-0.3, -0.25) is 19.0 Å². The van der Waals surface area contributed by atoms with Crippen molar-refractivity contribution in [3.63, 3.8) is 0 Å². The normalized spacial score (nSPS) is 11.5. The Balaban J connectivity index is 1.89. The average molecular weight is 474 g/mol. The highest BCUT2D eigenvalue weighted by Gasteiger charge is 2.26. The number of nitrogens with two attached hydrogens (primary N) is 1. The van der Waals surface area contributed by atoms with Crippen molar-refractivity contribution in [2.24, 2.45) is 12.8 Å². The van der Waals surface area contributed by atoms with Crippen LogP contribution in [0.2, 0.25) is 0 Å². The first-order valence-corrected chi connectivity index (χ1v) is 10.7. The van der Waals surface area contributed by atoms with Crippen molar-refractivity contribution in [1.82, 2.24) is 24.5 Å². The van der Waals surface area contributed by atoms with Gasteiger partial charge in [-0.1, -0.05) is 0 Å². The summed E-state index contributed by atoms with van der Waals surface area (Å²) in [4.78, 5) is 29.3. The predicted octanol–water partition coefficient (Wildman–Crippen LogP) is 3.49. The maximum absolute atomic E-state index is 13.6. The second-order valence-electron chi connectivity index (χ2n) is 7.68. The van der Waals surface area contributed by atoms with Crippen LogP contribution in [0.3, 0.4) is 0 Å². The molecular weight excluding hydrogens is 452 g/mol. The van der Waals surface area contributed by atoms with E-state index in [2.05, 4.69) is 20.5 Å². The van der Waals surface area contributed by atoms with Crippen LogP contribution in [0.1, 0.15) is 38.9 Å². The van der Waals surface area contributed by atoms with Gasteiger partial charge in [0.1, 0.15) is 21.9 Å². The van der Waals surface area contributed by atoms with E-state index in [4.69, 9.17) is 5.73 Å². The third-order valence-electron chi connectivity index (χ3n) is 5.09. The summed E-state index contributed by atoms with van der Waals surface area (Å²) in [7, 11) is 1.71. The third kappa shape index (κ3) is 4.21. The van der Waals surface area contributed by atoms with Gasteiger partial charge in [0.15, 0.2) is 0 Å². The van der Waals surface area contributed by atoms with Crippen LogP contribution in [0.25, 0.3) is 21.3 Å². The third-order valence-corrected chi connectivity index (χ3v) is 6.19. The number of nitrogens with one attached hydrogen (secondary N) is 1. The summed E-state index contributed by atoms with van der Waals surface area (Å²) in [6.45, 7) is 5.28. The highest BCUT2D eigenvalue weighted by Crippen LogP contribution is 2.43. The molecule has 4 aromatic rings. The second-order valence-corrected chi connectivity index (χ2v) is 8.68. The van der Waals surface area contributed by atoms with E-state index >= 15 is 0 Å². The molecule has 0 aliphatic rings. The number of rotatable bonds is 6. The topological polar surface area (TPSA) is 121 Å². The molecule has 9 nitrogen and oxygen atoms in total. The van der Waals surface area contributed by atoms with Crippen LogP contribution in [-0.2, 0) is 18.4 Å². The summed E-state index contributed by atoms with van der Waals surface area (Å²) in [6.07, 6.45) is -1.14. The maximum Gasteiger partial charge on any atom is 0.280 e. The zero-order valence-electron chi connectivity index (χ0n) is 18.3. The number of amides is 2. The molecule has 172 valence electrons. The summed E-state index contributed by atoms with van der Waals surface area (Å²) in [5.41, 5.74) is 8.37. The molecule has 0 saturated carbocycles. The molecule has 12 heteroatoms. The van der Waals surface area contributed by atoms with E-state index in [1.54, 1.807) is 24.9 Å². The maximum atomic E-state index is 13.6. The molecule has 0 fully saturated rings. The molecule has 0 saturated heterocycles. The largest absolute Gasteiger partial charge is 0.365 e. The number of fused-ring (bicyclic) bond motifs is 1. The number of pyridine rings is 1. The Bertz CT molecular complexity index is 1400. The number of thiophene rings is 1. The van der Waals surface area contributed by atoms with Crippen LogP contribution < -0.4 is 11.1 Å². The van der Waals surface area contributed by atoms with Crippen molar-refractivity contribution in [2.45, 2.75) is 33.7 Å². The Morgan fingerprint density at radius 3 is 2.45 bits per heavy atom. The molecule has 2 amide bonds. The smallest absolute Gasteiger partial charge is 0.280 e. The molecule has 0 bridgehead atoms. The van der Waals surface area contributed by atoms with Gasteiger partial charge in [-0.05, 0) is 38.5 Å². The van der Waals surface area contributed by atoms with E-state index in [9.17, 15) is 18.4 Å². The van der Waals surface area contributed by atoms with Gasteiger partial charge < -0.3 is 11.1 Å². The number of aryl methyl sites for hydroxylation is 4. The lowest BCUT2D eigenvalue weighted by Crippen LogP contribution is -2.22. The number of hydrogen-bond donors (Lipinski definition) is 2. The predicted molar refractivity (Wildman–Crippen MR) is 120 cm³/mol. The summed E-state index contributed by atoms with van der Waals surface area (Å²) in [6, 6.07) is 3.09. The second kappa shape index (κ2) is 8.35. The van der Waals surface area contributed by atoms with Crippen molar-refractivity contribution in [3.05, 3.63) is 46.0 Å². The van der Waals surface area contributed by atoms with Gasteiger partial charge in [-0.25, -0.2) is 13.8 Å². The number of halogens is 2. The van der Waals surface area contributed by atoms with E-state index in [-0.39, 0.29) is 21.9 Å². The Morgan fingerprint density at radius 2 is 1.91 bits per heavy atom. The Kier molecular flexibility index (Phi) is 5.70. The molecule has 0 spiro atoms. The first kappa shape index (κ1) is 22.5. The number of nitrogens with zero attached hydrogens (tertiary/aromatic N) is 5. The van der Waals surface area contributed by atoms with Gasteiger partial charge in [0.05, 0.1) is 17.1 Å². The first-order chi connectivity index (χ1) is 15.5. The van der Waals surface area contributed by atoms with Gasteiger partial charge >= 0.3 is 0 Å². The molecule has 3 N–H and O–H groups in total. The molecule has 0 aromatic carbocycles. The lowest BCUT2D eigenvalue weighted by Gasteiger charge is -2.11. The van der Waals surface area contributed by atoms with Crippen LogP contribution in [0.4, 0.5) is 14.5 Å². The minimum atomic E-state index is -2.83. The minimum absolute atomic E-state index is 0.0217. The molecule has 0 unspecified atom stereocenters. The summed E-state index contributed by atoms with van der Waals surface area (Å²) >= 11 is 0.857. The average Bonchev–Trinajstić information content (AvgIpc) is 3.35. The van der Waals surface area contributed by atoms with E-state index < -0.39 is 23.9 Å². The zero-order chi connectivity index (χ0) is 24.0. The summed E-state index contributed by atoms with van der Waals surface area (Å²) < 4.78 is 30.3.